The van der Waals surface area contributed by atoms with Gasteiger partial charge in [-0.05, 0) is 35.4 Å². The molecule has 8 heteroatoms. The fourth-order valence-corrected chi connectivity index (χ4v) is 4.13. The number of rotatable bonds is 13. The Kier molecular flexibility index (Phi) is 5.99. The van der Waals surface area contributed by atoms with Crippen molar-refractivity contribution < 1.29 is 37.9 Å². The Bertz CT molecular complexity index is 954. The van der Waals surface area contributed by atoms with Crippen molar-refractivity contribution in [1.82, 2.24) is 0 Å². The van der Waals surface area contributed by atoms with Gasteiger partial charge in [0.1, 0.15) is 25.4 Å². The molecule has 0 bridgehead atoms. The molecule has 2 aromatic rings. The molecular weight excluding hydrogens is 440 g/mol. The van der Waals surface area contributed by atoms with Crippen molar-refractivity contribution in [2.24, 2.45) is 0 Å². The third-order valence-electron chi connectivity index (χ3n) is 6.32. The van der Waals surface area contributed by atoms with Gasteiger partial charge in [0.25, 0.3) is 0 Å². The first-order valence-corrected chi connectivity index (χ1v) is 11.8. The number of benzene rings is 2. The molecule has 6 rings (SSSR count). The summed E-state index contributed by atoms with van der Waals surface area (Å²) in [6.07, 6.45) is 2.36. The van der Waals surface area contributed by atoms with E-state index in [0.717, 1.165) is 61.5 Å². The molecule has 8 nitrogen and oxygen atoms in total. The Labute approximate surface area is 198 Å². The van der Waals surface area contributed by atoms with Crippen LogP contribution in [0.1, 0.15) is 11.1 Å². The lowest BCUT2D eigenvalue weighted by molar-refractivity contribution is 0.249. The summed E-state index contributed by atoms with van der Waals surface area (Å²) >= 11 is 0. The van der Waals surface area contributed by atoms with Crippen molar-refractivity contribution in [3.8, 4) is 34.1 Å². The summed E-state index contributed by atoms with van der Waals surface area (Å²) in [5.74, 6) is 2.71. The van der Waals surface area contributed by atoms with Gasteiger partial charge in [-0.25, -0.2) is 0 Å². The molecule has 0 N–H and O–H groups in total. The molecule has 2 aromatic carbocycles. The van der Waals surface area contributed by atoms with Crippen LogP contribution >= 0.6 is 0 Å². The molecule has 0 spiro atoms. The van der Waals surface area contributed by atoms with E-state index < -0.39 is 0 Å². The average Bonchev–Trinajstić information content (AvgIpc) is 3.68. The maximum atomic E-state index is 6.29. The summed E-state index contributed by atoms with van der Waals surface area (Å²) in [4.78, 5) is 0. The second-order valence-electron chi connectivity index (χ2n) is 9.20. The predicted octanol–water partition coefficient (Wildman–Crippen LogP) is 2.81. The van der Waals surface area contributed by atoms with Crippen LogP contribution in [0, 0.1) is 0 Å². The summed E-state index contributed by atoms with van der Waals surface area (Å²) in [5, 5.41) is 0. The van der Waals surface area contributed by atoms with Crippen molar-refractivity contribution in [2.75, 3.05) is 53.9 Å². The van der Waals surface area contributed by atoms with Crippen LogP contribution in [-0.4, -0.2) is 78.3 Å². The van der Waals surface area contributed by atoms with Crippen LogP contribution < -0.4 is 18.9 Å². The summed E-state index contributed by atoms with van der Waals surface area (Å²) in [5.41, 5.74) is 4.05. The summed E-state index contributed by atoms with van der Waals surface area (Å²) < 4.78 is 45.9. The third-order valence-corrected chi connectivity index (χ3v) is 6.32. The van der Waals surface area contributed by atoms with Crippen LogP contribution in [0.4, 0.5) is 0 Å². The maximum absolute atomic E-state index is 6.29. The van der Waals surface area contributed by atoms with E-state index in [4.69, 9.17) is 37.9 Å². The van der Waals surface area contributed by atoms with E-state index in [1.54, 1.807) is 14.2 Å². The number of methoxy groups -OCH3 is 2. The number of epoxide rings is 4. The lowest BCUT2D eigenvalue weighted by atomic mass is 9.95. The first kappa shape index (κ1) is 22.0. The van der Waals surface area contributed by atoms with Crippen molar-refractivity contribution in [3.63, 3.8) is 0 Å². The van der Waals surface area contributed by atoms with Gasteiger partial charge in [-0.15, -0.1) is 0 Å². The Hall–Kier alpha value is -2.52. The SMILES string of the molecule is COc1cc(CC2CO2)cc(-c2cc(CC3CO3)cc(OC)c2OCC2CO2)c1OCC1CO1. The molecule has 4 heterocycles. The zero-order chi connectivity index (χ0) is 23.1. The van der Waals surface area contributed by atoms with Crippen LogP contribution in [0.5, 0.6) is 23.0 Å². The van der Waals surface area contributed by atoms with Crippen molar-refractivity contribution >= 4 is 0 Å². The maximum Gasteiger partial charge on any atom is 0.169 e. The standard InChI is InChI=1S/C26H30O8/c1-27-23-7-15(3-17-9-29-17)5-21(25(23)33-13-19-11-31-19)22-6-16(4-18-10-30-18)8-24(28-2)26(22)34-14-20-12-32-20/h5-8,17-20H,3-4,9-14H2,1-2H3. The van der Waals surface area contributed by atoms with Gasteiger partial charge in [-0.2, -0.15) is 0 Å². The summed E-state index contributed by atoms with van der Waals surface area (Å²) in [6.45, 7) is 3.94. The molecule has 182 valence electrons. The minimum Gasteiger partial charge on any atom is -0.493 e. The molecule has 4 atom stereocenters. The van der Waals surface area contributed by atoms with E-state index in [2.05, 4.69) is 12.1 Å². The van der Waals surface area contributed by atoms with E-state index in [1.165, 1.54) is 0 Å². The number of hydrogen-bond donors (Lipinski definition) is 0. The fraction of sp³-hybridized carbons (Fsp3) is 0.538. The van der Waals surface area contributed by atoms with Gasteiger partial charge in [-0.1, -0.05) is 0 Å². The van der Waals surface area contributed by atoms with Gasteiger partial charge in [0.2, 0.25) is 0 Å². The topological polar surface area (TPSA) is 87.0 Å². The van der Waals surface area contributed by atoms with Crippen LogP contribution in [0.25, 0.3) is 11.1 Å². The van der Waals surface area contributed by atoms with Crippen LogP contribution in [0.2, 0.25) is 0 Å². The van der Waals surface area contributed by atoms with Gasteiger partial charge < -0.3 is 37.9 Å². The zero-order valence-electron chi connectivity index (χ0n) is 19.5. The van der Waals surface area contributed by atoms with Gasteiger partial charge in [-0.3, -0.25) is 0 Å². The number of ether oxygens (including phenoxy) is 8. The monoisotopic (exact) mass is 470 g/mol. The fourth-order valence-electron chi connectivity index (χ4n) is 4.13. The number of hydrogen-bond acceptors (Lipinski definition) is 8. The van der Waals surface area contributed by atoms with Gasteiger partial charge in [0, 0.05) is 24.0 Å². The Morgan fingerprint density at radius 2 is 1.00 bits per heavy atom. The highest BCUT2D eigenvalue weighted by Crippen LogP contribution is 2.48. The average molecular weight is 471 g/mol. The molecule has 0 saturated carbocycles. The lowest BCUT2D eigenvalue weighted by Crippen LogP contribution is -2.10. The van der Waals surface area contributed by atoms with E-state index in [9.17, 15) is 0 Å². The first-order valence-electron chi connectivity index (χ1n) is 11.8. The Balaban J connectivity index is 1.46. The Morgan fingerprint density at radius 3 is 1.32 bits per heavy atom. The largest absolute Gasteiger partial charge is 0.493 e. The normalized spacial score (nSPS) is 26.1. The molecule has 4 fully saturated rings. The second-order valence-corrected chi connectivity index (χ2v) is 9.20. The smallest absolute Gasteiger partial charge is 0.169 e. The van der Waals surface area contributed by atoms with Gasteiger partial charge in [0.05, 0.1) is 52.9 Å². The van der Waals surface area contributed by atoms with Crippen LogP contribution in [0.3, 0.4) is 0 Å². The molecule has 4 saturated heterocycles. The van der Waals surface area contributed by atoms with E-state index in [0.29, 0.717) is 36.2 Å². The van der Waals surface area contributed by atoms with Gasteiger partial charge >= 0.3 is 0 Å². The van der Waals surface area contributed by atoms with Crippen molar-refractivity contribution in [1.29, 1.82) is 0 Å². The summed E-state index contributed by atoms with van der Waals surface area (Å²) in [6, 6.07) is 8.37. The quantitative estimate of drug-likeness (QED) is 0.413. The Morgan fingerprint density at radius 1 is 0.618 bits per heavy atom. The van der Waals surface area contributed by atoms with Crippen molar-refractivity contribution in [3.05, 3.63) is 35.4 Å². The molecule has 4 aliphatic rings. The molecule has 34 heavy (non-hydrogen) atoms. The minimum absolute atomic E-state index is 0.118. The first-order chi connectivity index (χ1) is 16.7. The molecule has 4 unspecified atom stereocenters. The predicted molar refractivity (Wildman–Crippen MR) is 122 cm³/mol. The van der Waals surface area contributed by atoms with Crippen LogP contribution in [0.15, 0.2) is 24.3 Å². The lowest BCUT2D eigenvalue weighted by Gasteiger charge is -2.21. The minimum atomic E-state index is 0.118. The van der Waals surface area contributed by atoms with E-state index in [-0.39, 0.29) is 24.4 Å². The molecule has 0 aromatic heterocycles. The van der Waals surface area contributed by atoms with Gasteiger partial charge in [0.15, 0.2) is 23.0 Å². The summed E-state index contributed by atoms with van der Waals surface area (Å²) in [7, 11) is 3.33. The molecule has 0 aliphatic carbocycles. The molecule has 0 radical (unpaired) electrons. The van der Waals surface area contributed by atoms with Crippen LogP contribution in [-0.2, 0) is 31.8 Å². The van der Waals surface area contributed by atoms with E-state index >= 15 is 0 Å². The molecule has 0 amide bonds. The highest BCUT2D eigenvalue weighted by molar-refractivity contribution is 5.82. The highest BCUT2D eigenvalue weighted by Gasteiger charge is 2.31. The van der Waals surface area contributed by atoms with Crippen molar-refractivity contribution in [2.45, 2.75) is 37.3 Å². The zero-order valence-corrected chi connectivity index (χ0v) is 19.5. The molecular formula is C26H30O8. The molecule has 4 aliphatic heterocycles. The van der Waals surface area contributed by atoms with E-state index in [1.807, 2.05) is 12.1 Å². The second kappa shape index (κ2) is 9.26. The third kappa shape index (κ3) is 5.25. The highest BCUT2D eigenvalue weighted by atomic mass is 16.6.